The Balaban J connectivity index is 0.00000225. The minimum absolute atomic E-state index is 0. The zero-order valence-corrected chi connectivity index (χ0v) is 10.9. The predicted octanol–water partition coefficient (Wildman–Crippen LogP) is 2.21. The van der Waals surface area contributed by atoms with Crippen LogP contribution in [0.1, 0.15) is 11.1 Å². The minimum atomic E-state index is -0.116. The largest absolute Gasteiger partial charge is 0.318 e. The molecule has 16 heavy (non-hydrogen) atoms. The van der Waals surface area contributed by atoms with Crippen LogP contribution in [0.15, 0.2) is 18.2 Å². The van der Waals surface area contributed by atoms with E-state index in [1.807, 2.05) is 26.2 Å². The van der Waals surface area contributed by atoms with Gasteiger partial charge in [0, 0.05) is 19.6 Å². The maximum atomic E-state index is 13.3. The van der Waals surface area contributed by atoms with E-state index in [0.29, 0.717) is 5.56 Å². The van der Waals surface area contributed by atoms with Crippen molar-refractivity contribution < 1.29 is 4.39 Å². The Kier molecular flexibility index (Phi) is 7.30. The third-order valence-electron chi connectivity index (χ3n) is 2.43. The number of hydrogen-bond donors (Lipinski definition) is 1. The molecule has 0 aliphatic rings. The zero-order valence-electron chi connectivity index (χ0n) is 10.1. The van der Waals surface area contributed by atoms with Gasteiger partial charge in [-0.3, -0.25) is 0 Å². The van der Waals surface area contributed by atoms with Crippen molar-refractivity contribution in [2.45, 2.75) is 13.5 Å². The van der Waals surface area contributed by atoms with Crippen LogP contribution in [0.2, 0.25) is 0 Å². The van der Waals surface area contributed by atoms with Gasteiger partial charge in [0.25, 0.3) is 0 Å². The van der Waals surface area contributed by atoms with Gasteiger partial charge in [0.2, 0.25) is 0 Å². The molecule has 0 atom stereocenters. The highest BCUT2D eigenvalue weighted by Crippen LogP contribution is 2.10. The maximum absolute atomic E-state index is 13.3. The number of halogens is 2. The van der Waals surface area contributed by atoms with E-state index in [-0.39, 0.29) is 18.2 Å². The smallest absolute Gasteiger partial charge is 0.126 e. The van der Waals surface area contributed by atoms with Gasteiger partial charge in [-0.15, -0.1) is 12.4 Å². The van der Waals surface area contributed by atoms with Gasteiger partial charge in [-0.2, -0.15) is 0 Å². The molecule has 0 heterocycles. The van der Waals surface area contributed by atoms with E-state index in [9.17, 15) is 4.39 Å². The van der Waals surface area contributed by atoms with Crippen LogP contribution in [0, 0.1) is 12.7 Å². The highest BCUT2D eigenvalue weighted by molar-refractivity contribution is 5.85. The van der Waals surface area contributed by atoms with E-state index in [2.05, 4.69) is 10.2 Å². The molecule has 0 spiro atoms. The summed E-state index contributed by atoms with van der Waals surface area (Å²) in [7, 11) is 3.97. The average Bonchev–Trinajstić information content (AvgIpc) is 2.20. The molecular formula is C12H20ClFN2. The van der Waals surface area contributed by atoms with Crippen LogP contribution in [0.4, 0.5) is 4.39 Å². The van der Waals surface area contributed by atoms with Crippen LogP contribution in [0.25, 0.3) is 0 Å². The molecule has 0 aliphatic carbocycles. The average molecular weight is 247 g/mol. The summed E-state index contributed by atoms with van der Waals surface area (Å²) in [6, 6.07) is 5.43. The Morgan fingerprint density at radius 1 is 1.38 bits per heavy atom. The van der Waals surface area contributed by atoms with Gasteiger partial charge in [0.15, 0.2) is 0 Å². The normalized spacial score (nSPS) is 10.3. The van der Waals surface area contributed by atoms with Gasteiger partial charge in [-0.25, -0.2) is 4.39 Å². The summed E-state index contributed by atoms with van der Waals surface area (Å²) in [5.41, 5.74) is 1.73. The Labute approximate surface area is 103 Å². The molecule has 0 saturated heterocycles. The highest BCUT2D eigenvalue weighted by atomic mass is 35.5. The van der Waals surface area contributed by atoms with Crippen LogP contribution in [0.3, 0.4) is 0 Å². The molecule has 0 fully saturated rings. The van der Waals surface area contributed by atoms with Crippen LogP contribution in [-0.2, 0) is 6.54 Å². The van der Waals surface area contributed by atoms with E-state index in [1.54, 1.807) is 13.0 Å². The molecular weight excluding hydrogens is 227 g/mol. The number of nitrogens with zero attached hydrogens (tertiary/aromatic N) is 1. The summed E-state index contributed by atoms with van der Waals surface area (Å²) in [6.45, 7) is 4.49. The number of benzene rings is 1. The summed E-state index contributed by atoms with van der Waals surface area (Å²) < 4.78 is 13.3. The molecule has 1 rings (SSSR count). The van der Waals surface area contributed by atoms with E-state index >= 15 is 0 Å². The SMILES string of the molecule is CNCCN(C)Cc1ccc(C)c(F)c1.Cl. The summed E-state index contributed by atoms with van der Waals surface area (Å²) in [4.78, 5) is 2.17. The summed E-state index contributed by atoms with van der Waals surface area (Å²) in [6.07, 6.45) is 0. The lowest BCUT2D eigenvalue weighted by Gasteiger charge is -2.16. The van der Waals surface area contributed by atoms with Gasteiger partial charge < -0.3 is 10.2 Å². The summed E-state index contributed by atoms with van der Waals surface area (Å²) in [5, 5.41) is 3.09. The van der Waals surface area contributed by atoms with Crippen molar-refractivity contribution in [1.29, 1.82) is 0 Å². The van der Waals surface area contributed by atoms with Gasteiger partial charge >= 0.3 is 0 Å². The summed E-state index contributed by atoms with van der Waals surface area (Å²) >= 11 is 0. The lowest BCUT2D eigenvalue weighted by Crippen LogP contribution is -2.26. The fourth-order valence-electron chi connectivity index (χ4n) is 1.43. The Bertz CT molecular complexity index is 318. The van der Waals surface area contributed by atoms with E-state index in [0.717, 1.165) is 25.2 Å². The number of aryl methyl sites for hydroxylation is 1. The molecule has 0 unspecified atom stereocenters. The van der Waals surface area contributed by atoms with Gasteiger partial charge in [0.1, 0.15) is 5.82 Å². The van der Waals surface area contributed by atoms with Crippen LogP contribution in [-0.4, -0.2) is 32.1 Å². The second kappa shape index (κ2) is 7.60. The molecule has 0 bridgehead atoms. The fraction of sp³-hybridized carbons (Fsp3) is 0.500. The third-order valence-corrected chi connectivity index (χ3v) is 2.43. The van der Waals surface area contributed by atoms with Gasteiger partial charge in [0.05, 0.1) is 0 Å². The number of hydrogen-bond acceptors (Lipinski definition) is 2. The second-order valence-corrected chi connectivity index (χ2v) is 3.92. The standard InChI is InChI=1S/C12H19FN2.ClH/c1-10-4-5-11(8-12(10)13)9-15(3)7-6-14-2;/h4-5,8,14H,6-7,9H2,1-3H3;1H. The Morgan fingerprint density at radius 2 is 2.06 bits per heavy atom. The lowest BCUT2D eigenvalue weighted by atomic mass is 10.1. The molecule has 0 radical (unpaired) electrons. The number of nitrogens with one attached hydrogen (secondary N) is 1. The molecule has 0 aliphatic heterocycles. The molecule has 1 aromatic carbocycles. The van der Waals surface area contributed by atoms with E-state index < -0.39 is 0 Å². The topological polar surface area (TPSA) is 15.3 Å². The monoisotopic (exact) mass is 246 g/mol. The van der Waals surface area contributed by atoms with Crippen molar-refractivity contribution in [1.82, 2.24) is 10.2 Å². The van der Waals surface area contributed by atoms with E-state index in [4.69, 9.17) is 0 Å². The van der Waals surface area contributed by atoms with Gasteiger partial charge in [-0.1, -0.05) is 12.1 Å². The summed E-state index contributed by atoms with van der Waals surface area (Å²) in [5.74, 6) is -0.116. The molecule has 92 valence electrons. The van der Waals surface area contributed by atoms with Gasteiger partial charge in [-0.05, 0) is 38.2 Å². The van der Waals surface area contributed by atoms with Crippen molar-refractivity contribution in [2.24, 2.45) is 0 Å². The predicted molar refractivity (Wildman–Crippen MR) is 68.6 cm³/mol. The van der Waals surface area contributed by atoms with Crippen LogP contribution >= 0.6 is 12.4 Å². The first-order valence-electron chi connectivity index (χ1n) is 5.21. The second-order valence-electron chi connectivity index (χ2n) is 3.92. The zero-order chi connectivity index (χ0) is 11.3. The first kappa shape index (κ1) is 15.4. The van der Waals surface area contributed by atoms with Crippen molar-refractivity contribution in [3.05, 3.63) is 35.1 Å². The van der Waals surface area contributed by atoms with E-state index in [1.165, 1.54) is 0 Å². The van der Waals surface area contributed by atoms with Crippen LogP contribution < -0.4 is 5.32 Å². The lowest BCUT2D eigenvalue weighted by molar-refractivity contribution is 0.327. The minimum Gasteiger partial charge on any atom is -0.318 e. The molecule has 2 nitrogen and oxygen atoms in total. The molecule has 1 aromatic rings. The molecule has 0 saturated carbocycles. The highest BCUT2D eigenvalue weighted by Gasteiger charge is 2.02. The molecule has 0 amide bonds. The number of rotatable bonds is 5. The van der Waals surface area contributed by atoms with Crippen molar-refractivity contribution in [3.63, 3.8) is 0 Å². The van der Waals surface area contributed by atoms with Crippen molar-refractivity contribution >= 4 is 12.4 Å². The fourth-order valence-corrected chi connectivity index (χ4v) is 1.43. The molecule has 0 aromatic heterocycles. The maximum Gasteiger partial charge on any atom is 0.126 e. The third kappa shape index (κ3) is 4.92. The Morgan fingerprint density at radius 3 is 2.62 bits per heavy atom. The quantitative estimate of drug-likeness (QED) is 0.857. The van der Waals surface area contributed by atoms with Crippen molar-refractivity contribution in [2.75, 3.05) is 27.2 Å². The number of likely N-dealkylation sites (N-methyl/N-ethyl adjacent to an activating group) is 2. The molecule has 1 N–H and O–H groups in total. The Hall–Kier alpha value is -0.640. The first-order valence-corrected chi connectivity index (χ1v) is 5.21. The van der Waals surface area contributed by atoms with Crippen molar-refractivity contribution in [3.8, 4) is 0 Å². The first-order chi connectivity index (χ1) is 7.13. The molecule has 4 heteroatoms. The van der Waals surface area contributed by atoms with Crippen LogP contribution in [0.5, 0.6) is 0 Å².